The number of aryl methyl sites for hydroxylation is 1. The first kappa shape index (κ1) is 18.8. The highest BCUT2D eigenvalue weighted by Gasteiger charge is 2.37. The van der Waals surface area contributed by atoms with Crippen molar-refractivity contribution >= 4 is 11.9 Å². The summed E-state index contributed by atoms with van der Waals surface area (Å²) in [6.45, 7) is 0.858. The molecule has 5 nitrogen and oxygen atoms in total. The van der Waals surface area contributed by atoms with Gasteiger partial charge in [0.25, 0.3) is 0 Å². The van der Waals surface area contributed by atoms with Crippen LogP contribution in [-0.4, -0.2) is 47.1 Å². The molecule has 0 aromatic heterocycles. The van der Waals surface area contributed by atoms with Crippen molar-refractivity contribution in [1.29, 1.82) is 0 Å². The number of carboxylic acids is 1. The van der Waals surface area contributed by atoms with Crippen LogP contribution in [0.2, 0.25) is 0 Å². The Bertz CT molecular complexity index is 673. The highest BCUT2D eigenvalue weighted by molar-refractivity contribution is 5.76. The Morgan fingerprint density at radius 2 is 1.96 bits per heavy atom. The van der Waals surface area contributed by atoms with Gasteiger partial charge in [-0.05, 0) is 49.7 Å². The Morgan fingerprint density at radius 3 is 2.62 bits per heavy atom. The number of hydrogen-bond donors (Lipinski definition) is 2. The smallest absolute Gasteiger partial charge is 0.317 e. The van der Waals surface area contributed by atoms with E-state index < -0.39 is 17.6 Å². The highest BCUT2D eigenvalue weighted by Crippen LogP contribution is 2.33. The molecule has 142 valence electrons. The number of carboxylic acid groups (broad SMARTS) is 1. The summed E-state index contributed by atoms with van der Waals surface area (Å²) in [5.74, 6) is -2.20. The van der Waals surface area contributed by atoms with Crippen molar-refractivity contribution in [3.05, 3.63) is 35.4 Å². The minimum Gasteiger partial charge on any atom is -0.480 e. The van der Waals surface area contributed by atoms with Gasteiger partial charge < -0.3 is 10.4 Å². The minimum atomic E-state index is -0.904. The molecule has 0 radical (unpaired) electrons. The van der Waals surface area contributed by atoms with E-state index in [0.29, 0.717) is 5.92 Å². The summed E-state index contributed by atoms with van der Waals surface area (Å²) in [5.41, 5.74) is 0.198. The van der Waals surface area contributed by atoms with Crippen LogP contribution in [-0.2, 0) is 16.0 Å². The minimum absolute atomic E-state index is 0.0281. The van der Waals surface area contributed by atoms with Gasteiger partial charge >= 0.3 is 5.97 Å². The zero-order chi connectivity index (χ0) is 18.7. The van der Waals surface area contributed by atoms with Crippen LogP contribution in [0.15, 0.2) is 18.2 Å². The van der Waals surface area contributed by atoms with Crippen molar-refractivity contribution in [2.45, 2.75) is 50.6 Å². The zero-order valence-electron chi connectivity index (χ0n) is 14.6. The SMILES string of the molecule is O=C(O)CN(CC1CC1)C1CC(NC(=O)CCc2cccc(F)c2F)C1. The summed E-state index contributed by atoms with van der Waals surface area (Å²) in [7, 11) is 0. The van der Waals surface area contributed by atoms with Crippen LogP contribution in [0.4, 0.5) is 8.78 Å². The molecule has 2 fully saturated rings. The maximum Gasteiger partial charge on any atom is 0.317 e. The van der Waals surface area contributed by atoms with Crippen LogP contribution < -0.4 is 5.32 Å². The number of aliphatic carboxylic acids is 1. The fourth-order valence-electron chi connectivity index (χ4n) is 3.44. The summed E-state index contributed by atoms with van der Waals surface area (Å²) < 4.78 is 26.7. The van der Waals surface area contributed by atoms with Crippen LogP contribution >= 0.6 is 0 Å². The van der Waals surface area contributed by atoms with Crippen molar-refractivity contribution in [3.8, 4) is 0 Å². The van der Waals surface area contributed by atoms with E-state index in [9.17, 15) is 18.4 Å². The molecule has 26 heavy (non-hydrogen) atoms. The quantitative estimate of drug-likeness (QED) is 0.704. The maximum atomic E-state index is 13.6. The Hall–Kier alpha value is -2.02. The van der Waals surface area contributed by atoms with Crippen LogP contribution in [0.1, 0.15) is 37.7 Å². The molecule has 2 saturated carbocycles. The van der Waals surface area contributed by atoms with Crippen molar-refractivity contribution in [3.63, 3.8) is 0 Å². The molecule has 1 amide bonds. The standard InChI is InChI=1S/C19H24F2N2O3/c20-16-3-1-2-13(19(16)21)6-7-17(24)22-14-8-15(9-14)23(11-18(25)26)10-12-4-5-12/h1-3,12,14-15H,4-11H2,(H,22,24)(H,25,26). The summed E-state index contributed by atoms with van der Waals surface area (Å²) in [5, 5.41) is 11.9. The molecule has 0 bridgehead atoms. The van der Waals surface area contributed by atoms with Gasteiger partial charge in [0, 0.05) is 25.0 Å². The molecule has 1 aromatic rings. The first-order chi connectivity index (χ1) is 12.4. The first-order valence-corrected chi connectivity index (χ1v) is 9.10. The molecular formula is C19H24F2N2O3. The van der Waals surface area contributed by atoms with Gasteiger partial charge in [0.2, 0.25) is 5.91 Å². The average Bonchev–Trinajstić information content (AvgIpc) is 3.35. The molecule has 0 atom stereocenters. The lowest BCUT2D eigenvalue weighted by atomic mass is 9.85. The van der Waals surface area contributed by atoms with Crippen LogP contribution in [0.25, 0.3) is 0 Å². The Morgan fingerprint density at radius 1 is 1.23 bits per heavy atom. The van der Waals surface area contributed by atoms with E-state index in [1.165, 1.54) is 25.0 Å². The number of nitrogens with zero attached hydrogens (tertiary/aromatic N) is 1. The van der Waals surface area contributed by atoms with E-state index in [2.05, 4.69) is 5.32 Å². The van der Waals surface area contributed by atoms with Gasteiger partial charge in [0.1, 0.15) is 0 Å². The molecule has 0 spiro atoms. The predicted octanol–water partition coefficient (Wildman–Crippen LogP) is 2.34. The summed E-state index contributed by atoms with van der Waals surface area (Å²) in [4.78, 5) is 25.0. The molecule has 3 rings (SSSR count). The van der Waals surface area contributed by atoms with Gasteiger partial charge in [-0.15, -0.1) is 0 Å². The lowest BCUT2D eigenvalue weighted by molar-refractivity contribution is -0.140. The average molecular weight is 366 g/mol. The normalized spacial score (nSPS) is 22.1. The number of halogens is 2. The van der Waals surface area contributed by atoms with Crippen LogP contribution in [0.3, 0.4) is 0 Å². The van der Waals surface area contributed by atoms with Crippen LogP contribution in [0, 0.1) is 17.6 Å². The second-order valence-electron chi connectivity index (χ2n) is 7.37. The van der Waals surface area contributed by atoms with E-state index in [4.69, 9.17) is 5.11 Å². The van der Waals surface area contributed by atoms with Crippen LogP contribution in [0.5, 0.6) is 0 Å². The monoisotopic (exact) mass is 366 g/mol. The maximum absolute atomic E-state index is 13.6. The molecule has 2 aliphatic rings. The molecule has 2 aliphatic carbocycles. The van der Waals surface area contributed by atoms with Gasteiger partial charge in [-0.1, -0.05) is 12.1 Å². The van der Waals surface area contributed by atoms with Crippen molar-refractivity contribution in [2.75, 3.05) is 13.1 Å². The summed E-state index contributed by atoms with van der Waals surface area (Å²) in [6, 6.07) is 4.18. The molecular weight excluding hydrogens is 342 g/mol. The number of amides is 1. The highest BCUT2D eigenvalue weighted by atomic mass is 19.2. The van der Waals surface area contributed by atoms with E-state index in [0.717, 1.165) is 25.5 Å². The fourth-order valence-corrected chi connectivity index (χ4v) is 3.44. The van der Waals surface area contributed by atoms with E-state index in [-0.39, 0.29) is 42.9 Å². The zero-order valence-corrected chi connectivity index (χ0v) is 14.6. The van der Waals surface area contributed by atoms with E-state index in [1.807, 2.05) is 4.90 Å². The Labute approximate surface area is 151 Å². The summed E-state index contributed by atoms with van der Waals surface area (Å²) in [6.07, 6.45) is 4.06. The van der Waals surface area contributed by atoms with E-state index in [1.54, 1.807) is 0 Å². The Balaban J connectivity index is 1.40. The molecule has 0 heterocycles. The van der Waals surface area contributed by atoms with Gasteiger partial charge in [-0.3, -0.25) is 14.5 Å². The number of carbonyl (C=O) groups is 2. The van der Waals surface area contributed by atoms with Crippen molar-refractivity contribution < 1.29 is 23.5 Å². The fraction of sp³-hybridized carbons (Fsp3) is 0.579. The van der Waals surface area contributed by atoms with Crippen molar-refractivity contribution in [1.82, 2.24) is 10.2 Å². The molecule has 2 N–H and O–H groups in total. The second kappa shape index (κ2) is 8.12. The van der Waals surface area contributed by atoms with Gasteiger partial charge in [-0.25, -0.2) is 8.78 Å². The third-order valence-electron chi connectivity index (χ3n) is 5.18. The molecule has 1 aromatic carbocycles. The lowest BCUT2D eigenvalue weighted by Crippen LogP contribution is -2.55. The lowest BCUT2D eigenvalue weighted by Gasteiger charge is -2.42. The Kier molecular flexibility index (Phi) is 5.86. The predicted molar refractivity (Wildman–Crippen MR) is 91.6 cm³/mol. The molecule has 0 unspecified atom stereocenters. The second-order valence-corrected chi connectivity index (χ2v) is 7.37. The van der Waals surface area contributed by atoms with Gasteiger partial charge in [0.05, 0.1) is 6.54 Å². The van der Waals surface area contributed by atoms with Crippen molar-refractivity contribution in [2.24, 2.45) is 5.92 Å². The number of carbonyl (C=O) groups excluding carboxylic acids is 1. The number of rotatable bonds is 9. The molecule has 0 saturated heterocycles. The number of benzene rings is 1. The third-order valence-corrected chi connectivity index (χ3v) is 5.18. The first-order valence-electron chi connectivity index (χ1n) is 9.10. The summed E-state index contributed by atoms with van der Waals surface area (Å²) >= 11 is 0. The van der Waals surface area contributed by atoms with E-state index >= 15 is 0 Å². The number of nitrogens with one attached hydrogen (secondary N) is 1. The van der Waals surface area contributed by atoms with Gasteiger partial charge in [0.15, 0.2) is 11.6 Å². The largest absolute Gasteiger partial charge is 0.480 e. The topological polar surface area (TPSA) is 69.6 Å². The number of hydrogen-bond acceptors (Lipinski definition) is 3. The third kappa shape index (κ3) is 5.00. The molecule has 7 heteroatoms. The van der Waals surface area contributed by atoms with Gasteiger partial charge in [-0.2, -0.15) is 0 Å². The molecule has 0 aliphatic heterocycles.